The molecule has 0 aliphatic carbocycles. The number of carbonyl (C=O) groups is 1. The van der Waals surface area contributed by atoms with Crippen molar-refractivity contribution in [2.24, 2.45) is 0 Å². The van der Waals surface area contributed by atoms with E-state index in [4.69, 9.17) is 4.42 Å². The van der Waals surface area contributed by atoms with Crippen LogP contribution in [0.5, 0.6) is 0 Å². The van der Waals surface area contributed by atoms with E-state index in [1.807, 2.05) is 38.1 Å². The molecule has 1 unspecified atom stereocenters. The Morgan fingerprint density at radius 2 is 2.23 bits per heavy atom. The van der Waals surface area contributed by atoms with E-state index < -0.39 is 0 Å². The Kier molecular flexibility index (Phi) is 4.30. The van der Waals surface area contributed by atoms with E-state index in [0.29, 0.717) is 23.1 Å². The van der Waals surface area contributed by atoms with Crippen molar-refractivity contribution < 1.29 is 9.21 Å². The van der Waals surface area contributed by atoms with Crippen LogP contribution in [0.1, 0.15) is 39.8 Å². The first-order valence-electron chi connectivity index (χ1n) is 8.71. The maximum atomic E-state index is 12.7. The smallest absolute Gasteiger partial charge is 0.259 e. The van der Waals surface area contributed by atoms with Crippen molar-refractivity contribution in [1.82, 2.24) is 20.5 Å². The molecule has 3 N–H and O–H groups in total. The molecule has 134 valence electrons. The quantitative estimate of drug-likeness (QED) is 0.671. The summed E-state index contributed by atoms with van der Waals surface area (Å²) in [6.07, 6.45) is 2.59. The number of hydrogen-bond donors (Lipinski definition) is 3. The van der Waals surface area contributed by atoms with Gasteiger partial charge in [0, 0.05) is 23.7 Å². The highest BCUT2D eigenvalue weighted by molar-refractivity contribution is 6.05. The fourth-order valence-corrected chi connectivity index (χ4v) is 3.21. The van der Waals surface area contributed by atoms with Gasteiger partial charge in [0.15, 0.2) is 0 Å². The normalized spacial score (nSPS) is 16.8. The fourth-order valence-electron chi connectivity index (χ4n) is 3.21. The largest absolute Gasteiger partial charge is 0.441 e. The van der Waals surface area contributed by atoms with E-state index in [2.05, 4.69) is 25.8 Å². The van der Waals surface area contributed by atoms with E-state index in [0.717, 1.165) is 42.2 Å². The second-order valence-electron chi connectivity index (χ2n) is 6.58. The molecule has 7 heteroatoms. The van der Waals surface area contributed by atoms with Crippen LogP contribution in [-0.4, -0.2) is 34.2 Å². The van der Waals surface area contributed by atoms with Crippen molar-refractivity contribution in [2.75, 3.05) is 18.4 Å². The molecule has 1 fully saturated rings. The molecule has 0 saturated carbocycles. The molecular weight excluding hydrogens is 330 g/mol. The monoisotopic (exact) mass is 351 g/mol. The minimum absolute atomic E-state index is 0.169. The molecule has 3 aromatic rings. The van der Waals surface area contributed by atoms with E-state index in [-0.39, 0.29) is 5.91 Å². The highest BCUT2D eigenvalue weighted by Crippen LogP contribution is 2.26. The van der Waals surface area contributed by atoms with Crippen LogP contribution in [0.2, 0.25) is 0 Å². The van der Waals surface area contributed by atoms with Gasteiger partial charge in [-0.25, -0.2) is 4.98 Å². The highest BCUT2D eigenvalue weighted by Gasteiger charge is 2.24. The van der Waals surface area contributed by atoms with E-state index >= 15 is 0 Å². The Morgan fingerprint density at radius 1 is 1.35 bits per heavy atom. The van der Waals surface area contributed by atoms with Crippen molar-refractivity contribution in [1.29, 1.82) is 0 Å². The SMILES string of the molecule is Cc1nc(-c2cccc(NC(=O)c3cn[nH]c3C3CCNC3)c2)oc1C. The molecule has 2 aromatic heterocycles. The van der Waals surface area contributed by atoms with Crippen LogP contribution in [0, 0.1) is 13.8 Å². The topological polar surface area (TPSA) is 95.8 Å². The van der Waals surface area contributed by atoms with Crippen molar-refractivity contribution in [2.45, 2.75) is 26.2 Å². The van der Waals surface area contributed by atoms with Gasteiger partial charge < -0.3 is 15.1 Å². The van der Waals surface area contributed by atoms with Crippen molar-refractivity contribution in [3.63, 3.8) is 0 Å². The van der Waals surface area contributed by atoms with Gasteiger partial charge in [-0.15, -0.1) is 0 Å². The predicted octanol–water partition coefficient (Wildman–Crippen LogP) is 3.01. The minimum Gasteiger partial charge on any atom is -0.441 e. The van der Waals surface area contributed by atoms with Gasteiger partial charge in [-0.1, -0.05) is 6.07 Å². The Bertz CT molecular complexity index is 918. The number of amides is 1. The first-order chi connectivity index (χ1) is 12.6. The number of aryl methyl sites for hydroxylation is 2. The molecule has 1 aliphatic heterocycles. The van der Waals surface area contributed by atoms with Gasteiger partial charge in [0.25, 0.3) is 5.91 Å². The van der Waals surface area contributed by atoms with Gasteiger partial charge in [-0.2, -0.15) is 5.10 Å². The van der Waals surface area contributed by atoms with Crippen molar-refractivity contribution in [3.8, 4) is 11.5 Å². The molecule has 1 aromatic carbocycles. The molecule has 1 atom stereocenters. The summed E-state index contributed by atoms with van der Waals surface area (Å²) in [4.78, 5) is 17.1. The molecule has 1 saturated heterocycles. The van der Waals surface area contributed by atoms with Crippen LogP contribution >= 0.6 is 0 Å². The lowest BCUT2D eigenvalue weighted by Crippen LogP contribution is -2.16. The molecule has 0 spiro atoms. The zero-order valence-electron chi connectivity index (χ0n) is 14.8. The number of aromatic amines is 1. The summed E-state index contributed by atoms with van der Waals surface area (Å²) < 4.78 is 5.67. The summed E-state index contributed by atoms with van der Waals surface area (Å²) in [5.74, 6) is 1.47. The van der Waals surface area contributed by atoms with Gasteiger partial charge in [0.1, 0.15) is 5.76 Å². The van der Waals surface area contributed by atoms with Gasteiger partial charge in [0.05, 0.1) is 23.1 Å². The van der Waals surface area contributed by atoms with Gasteiger partial charge >= 0.3 is 0 Å². The Hall–Kier alpha value is -2.93. The zero-order chi connectivity index (χ0) is 18.1. The lowest BCUT2D eigenvalue weighted by Gasteiger charge is -2.10. The molecule has 7 nitrogen and oxygen atoms in total. The third-order valence-corrected chi connectivity index (χ3v) is 4.78. The third-order valence-electron chi connectivity index (χ3n) is 4.78. The van der Waals surface area contributed by atoms with Gasteiger partial charge in [0.2, 0.25) is 5.89 Å². The third kappa shape index (κ3) is 3.13. The lowest BCUT2D eigenvalue weighted by atomic mass is 10.0. The Morgan fingerprint density at radius 3 is 2.96 bits per heavy atom. The number of rotatable bonds is 4. The number of carbonyl (C=O) groups excluding carboxylic acids is 1. The lowest BCUT2D eigenvalue weighted by molar-refractivity contribution is 0.102. The number of benzene rings is 1. The molecule has 0 radical (unpaired) electrons. The Labute approximate surface area is 151 Å². The highest BCUT2D eigenvalue weighted by atomic mass is 16.4. The average molecular weight is 351 g/mol. The number of anilines is 1. The second-order valence-corrected chi connectivity index (χ2v) is 6.58. The number of oxazole rings is 1. The van der Waals surface area contributed by atoms with Crippen molar-refractivity contribution in [3.05, 3.63) is 53.2 Å². The van der Waals surface area contributed by atoms with Gasteiger partial charge in [-0.3, -0.25) is 9.89 Å². The molecule has 4 rings (SSSR count). The predicted molar refractivity (Wildman–Crippen MR) is 98.2 cm³/mol. The number of hydrogen-bond acceptors (Lipinski definition) is 5. The standard InChI is InChI=1S/C19H21N5O2/c1-11-12(2)26-19(22-11)13-4-3-5-15(8-13)23-18(25)16-10-21-24-17(16)14-6-7-20-9-14/h3-5,8,10,14,20H,6-7,9H2,1-2H3,(H,21,24)(H,23,25). The summed E-state index contributed by atoms with van der Waals surface area (Å²) >= 11 is 0. The fraction of sp³-hybridized carbons (Fsp3) is 0.316. The molecule has 26 heavy (non-hydrogen) atoms. The first-order valence-corrected chi connectivity index (χ1v) is 8.71. The molecule has 1 amide bonds. The Balaban J connectivity index is 1.55. The van der Waals surface area contributed by atoms with Crippen LogP contribution in [0.15, 0.2) is 34.9 Å². The van der Waals surface area contributed by atoms with Crippen LogP contribution in [0.3, 0.4) is 0 Å². The maximum Gasteiger partial charge on any atom is 0.259 e. The number of nitrogens with zero attached hydrogens (tertiary/aromatic N) is 2. The van der Waals surface area contributed by atoms with Crippen LogP contribution in [0.4, 0.5) is 5.69 Å². The summed E-state index contributed by atoms with van der Waals surface area (Å²) in [6, 6.07) is 7.49. The molecular formula is C19H21N5O2. The number of H-pyrrole nitrogens is 1. The van der Waals surface area contributed by atoms with Gasteiger partial charge in [-0.05, 0) is 45.0 Å². The van der Waals surface area contributed by atoms with Crippen LogP contribution in [0.25, 0.3) is 11.5 Å². The van der Waals surface area contributed by atoms with Crippen LogP contribution < -0.4 is 10.6 Å². The minimum atomic E-state index is -0.169. The first kappa shape index (κ1) is 16.5. The second kappa shape index (κ2) is 6.76. The summed E-state index contributed by atoms with van der Waals surface area (Å²) in [5.41, 5.74) is 3.86. The molecule has 3 heterocycles. The van der Waals surface area contributed by atoms with E-state index in [1.54, 1.807) is 6.20 Å². The molecule has 0 bridgehead atoms. The van der Waals surface area contributed by atoms with E-state index in [9.17, 15) is 4.79 Å². The summed E-state index contributed by atoms with van der Waals surface area (Å²) in [7, 11) is 0. The molecule has 1 aliphatic rings. The summed E-state index contributed by atoms with van der Waals surface area (Å²) in [6.45, 7) is 5.62. The van der Waals surface area contributed by atoms with Crippen molar-refractivity contribution >= 4 is 11.6 Å². The summed E-state index contributed by atoms with van der Waals surface area (Å²) in [5, 5.41) is 13.3. The van der Waals surface area contributed by atoms with Crippen LogP contribution in [-0.2, 0) is 0 Å². The average Bonchev–Trinajstić information content (AvgIpc) is 3.36. The number of nitrogens with one attached hydrogen (secondary N) is 3. The maximum absolute atomic E-state index is 12.7. The zero-order valence-corrected chi connectivity index (χ0v) is 14.8. The van der Waals surface area contributed by atoms with E-state index in [1.165, 1.54) is 0 Å². The number of aromatic nitrogens is 3.